The van der Waals surface area contributed by atoms with E-state index >= 15 is 0 Å². The largest absolute Gasteiger partial charge is 0.491 e. The van der Waals surface area contributed by atoms with Gasteiger partial charge in [0.15, 0.2) is 0 Å². The van der Waals surface area contributed by atoms with Gasteiger partial charge in [0.1, 0.15) is 23.9 Å². The molecule has 2 amide bonds. The number of hydrogen-bond acceptors (Lipinski definition) is 5. The predicted octanol–water partition coefficient (Wildman–Crippen LogP) is 7.80. The zero-order valence-corrected chi connectivity index (χ0v) is 21.3. The minimum Gasteiger partial charge on any atom is -0.491 e. The van der Waals surface area contributed by atoms with Crippen molar-refractivity contribution in [2.75, 3.05) is 13.2 Å². The van der Waals surface area contributed by atoms with Crippen molar-refractivity contribution in [1.29, 1.82) is 0 Å². The number of carbonyl (C=O) groups is 2. The van der Waals surface area contributed by atoms with Gasteiger partial charge in [-0.1, -0.05) is 49.2 Å². The molecule has 1 fully saturated rings. The smallest absolute Gasteiger partial charge is 0.293 e. The number of rotatable bonds is 7. The molecule has 176 valence electrons. The fourth-order valence-corrected chi connectivity index (χ4v) is 4.97. The lowest BCUT2D eigenvalue weighted by molar-refractivity contribution is -0.123. The maximum Gasteiger partial charge on any atom is 0.293 e. The molecule has 0 N–H and O–H groups in total. The SMILES string of the molecule is Cc1ccc(C(C)C)c(OCCN2C(=O)S/C(=C\c3ccc(-c4cc(Cl)cc(Cl)c4)o3)C2=O)c1. The molecule has 34 heavy (non-hydrogen) atoms. The molecule has 8 heteroatoms. The molecular formula is C26H23Cl2NO4S. The van der Waals surface area contributed by atoms with E-state index in [2.05, 4.69) is 13.8 Å². The molecule has 1 aromatic heterocycles. The number of ether oxygens (including phenoxy) is 1. The minimum absolute atomic E-state index is 0.165. The Hall–Kier alpha value is -2.67. The maximum absolute atomic E-state index is 12.8. The zero-order chi connectivity index (χ0) is 24.4. The van der Waals surface area contributed by atoms with Crippen molar-refractivity contribution in [2.24, 2.45) is 0 Å². The lowest BCUT2D eigenvalue weighted by atomic mass is 10.0. The summed E-state index contributed by atoms with van der Waals surface area (Å²) in [6.45, 7) is 6.58. The summed E-state index contributed by atoms with van der Waals surface area (Å²) < 4.78 is 11.8. The van der Waals surface area contributed by atoms with Gasteiger partial charge in [0.05, 0.1) is 11.4 Å². The summed E-state index contributed by atoms with van der Waals surface area (Å²) in [5.74, 6) is 1.73. The molecule has 0 atom stereocenters. The highest BCUT2D eigenvalue weighted by atomic mass is 35.5. The number of carbonyl (C=O) groups excluding carboxylic acids is 2. The van der Waals surface area contributed by atoms with Crippen LogP contribution < -0.4 is 4.74 Å². The van der Waals surface area contributed by atoms with Crippen molar-refractivity contribution in [3.63, 3.8) is 0 Å². The van der Waals surface area contributed by atoms with E-state index in [4.69, 9.17) is 32.4 Å². The minimum atomic E-state index is -0.365. The number of thioether (sulfide) groups is 1. The van der Waals surface area contributed by atoms with Crippen molar-refractivity contribution in [1.82, 2.24) is 4.90 Å². The number of imide groups is 1. The summed E-state index contributed by atoms with van der Waals surface area (Å²) in [4.78, 5) is 26.8. The normalized spacial score (nSPS) is 15.1. The Morgan fingerprint density at radius 1 is 1.06 bits per heavy atom. The molecule has 0 bridgehead atoms. The van der Waals surface area contributed by atoms with E-state index in [1.165, 1.54) is 4.90 Å². The van der Waals surface area contributed by atoms with Crippen LogP contribution in [0.15, 0.2) is 57.9 Å². The number of furan rings is 1. The van der Waals surface area contributed by atoms with Crippen LogP contribution >= 0.6 is 35.0 Å². The monoisotopic (exact) mass is 515 g/mol. The van der Waals surface area contributed by atoms with E-state index in [0.717, 1.165) is 34.2 Å². The van der Waals surface area contributed by atoms with Crippen molar-refractivity contribution in [3.05, 3.63) is 80.4 Å². The van der Waals surface area contributed by atoms with Crippen LogP contribution in [0.1, 0.15) is 36.7 Å². The summed E-state index contributed by atoms with van der Waals surface area (Å²) in [6.07, 6.45) is 1.57. The van der Waals surface area contributed by atoms with Gasteiger partial charge in [-0.3, -0.25) is 14.5 Å². The van der Waals surface area contributed by atoms with Crippen LogP contribution in [0.25, 0.3) is 17.4 Å². The number of benzene rings is 2. The van der Waals surface area contributed by atoms with Gasteiger partial charge in [-0.25, -0.2) is 0 Å². The van der Waals surface area contributed by atoms with E-state index in [0.29, 0.717) is 32.4 Å². The maximum atomic E-state index is 12.8. The molecule has 0 aliphatic carbocycles. The van der Waals surface area contributed by atoms with Crippen LogP contribution in [0.2, 0.25) is 10.0 Å². The van der Waals surface area contributed by atoms with Crippen molar-refractivity contribution in [2.45, 2.75) is 26.7 Å². The Morgan fingerprint density at radius 3 is 2.50 bits per heavy atom. The zero-order valence-electron chi connectivity index (χ0n) is 18.9. The van der Waals surface area contributed by atoms with E-state index in [-0.39, 0.29) is 24.3 Å². The first-order valence-electron chi connectivity index (χ1n) is 10.8. The summed E-state index contributed by atoms with van der Waals surface area (Å²) in [6, 6.07) is 14.7. The van der Waals surface area contributed by atoms with Gasteiger partial charge in [-0.05, 0) is 72.1 Å². The van der Waals surface area contributed by atoms with Gasteiger partial charge in [0.25, 0.3) is 11.1 Å². The molecule has 0 unspecified atom stereocenters. The quantitative estimate of drug-likeness (QED) is 0.300. The van der Waals surface area contributed by atoms with Crippen LogP contribution in [0.3, 0.4) is 0 Å². The summed E-state index contributed by atoms with van der Waals surface area (Å²) in [7, 11) is 0. The standard InChI is InChI=1S/C26H23Cl2NO4S/c1-15(2)21-6-4-16(3)10-23(21)32-9-8-29-25(30)24(34-26(29)31)14-20-5-7-22(33-20)17-11-18(27)13-19(28)12-17/h4-7,10-15H,8-9H2,1-3H3/b24-14-. The van der Waals surface area contributed by atoms with E-state index in [9.17, 15) is 9.59 Å². The second kappa shape index (κ2) is 10.3. The lowest BCUT2D eigenvalue weighted by Crippen LogP contribution is -2.32. The second-order valence-electron chi connectivity index (χ2n) is 8.24. The Kier molecular flexibility index (Phi) is 7.41. The van der Waals surface area contributed by atoms with Gasteiger partial charge < -0.3 is 9.15 Å². The van der Waals surface area contributed by atoms with Crippen LogP contribution in [0, 0.1) is 6.92 Å². The Bertz CT molecular complexity index is 1260. The van der Waals surface area contributed by atoms with Crippen LogP contribution in [0.5, 0.6) is 5.75 Å². The Balaban J connectivity index is 1.43. The fraction of sp³-hybridized carbons (Fsp3) is 0.231. The van der Waals surface area contributed by atoms with Gasteiger partial charge in [0.2, 0.25) is 0 Å². The number of aryl methyl sites for hydroxylation is 1. The predicted molar refractivity (Wildman–Crippen MR) is 138 cm³/mol. The van der Waals surface area contributed by atoms with Crippen molar-refractivity contribution < 1.29 is 18.7 Å². The lowest BCUT2D eigenvalue weighted by Gasteiger charge is -2.17. The number of halogens is 2. The highest BCUT2D eigenvalue weighted by Gasteiger charge is 2.35. The van der Waals surface area contributed by atoms with E-state index in [1.807, 2.05) is 25.1 Å². The molecule has 0 radical (unpaired) electrons. The molecule has 2 heterocycles. The average Bonchev–Trinajstić information content (AvgIpc) is 3.33. The number of nitrogens with zero attached hydrogens (tertiary/aromatic N) is 1. The first-order chi connectivity index (χ1) is 16.2. The number of hydrogen-bond donors (Lipinski definition) is 0. The van der Waals surface area contributed by atoms with Gasteiger partial charge >= 0.3 is 0 Å². The molecule has 0 saturated carbocycles. The highest BCUT2D eigenvalue weighted by molar-refractivity contribution is 8.18. The molecule has 0 spiro atoms. The molecule has 1 aliphatic heterocycles. The fourth-order valence-electron chi connectivity index (χ4n) is 3.59. The average molecular weight is 516 g/mol. The summed E-state index contributed by atoms with van der Waals surface area (Å²) >= 11 is 13.0. The van der Waals surface area contributed by atoms with Crippen LogP contribution in [-0.2, 0) is 4.79 Å². The highest BCUT2D eigenvalue weighted by Crippen LogP contribution is 2.34. The van der Waals surface area contributed by atoms with Gasteiger partial charge in [-0.15, -0.1) is 0 Å². The topological polar surface area (TPSA) is 59.8 Å². The van der Waals surface area contributed by atoms with Gasteiger partial charge in [-0.2, -0.15) is 0 Å². The summed E-state index contributed by atoms with van der Waals surface area (Å²) in [5, 5.41) is 0.659. The Morgan fingerprint density at radius 2 is 1.79 bits per heavy atom. The van der Waals surface area contributed by atoms with Crippen LogP contribution in [-0.4, -0.2) is 29.2 Å². The third-order valence-corrected chi connectivity index (χ3v) is 6.63. The number of amides is 2. The summed E-state index contributed by atoms with van der Waals surface area (Å²) in [5.41, 5.74) is 2.90. The van der Waals surface area contributed by atoms with E-state index in [1.54, 1.807) is 36.4 Å². The first kappa shape index (κ1) is 24.5. The van der Waals surface area contributed by atoms with Gasteiger partial charge in [0, 0.05) is 21.7 Å². The molecule has 5 nitrogen and oxygen atoms in total. The van der Waals surface area contributed by atoms with Crippen molar-refractivity contribution in [3.8, 4) is 17.1 Å². The molecular weight excluding hydrogens is 493 g/mol. The molecule has 2 aromatic carbocycles. The third kappa shape index (κ3) is 5.52. The molecule has 4 rings (SSSR count). The molecule has 1 aliphatic rings. The Labute approximate surface area is 212 Å². The first-order valence-corrected chi connectivity index (χ1v) is 12.3. The third-order valence-electron chi connectivity index (χ3n) is 5.28. The second-order valence-corrected chi connectivity index (χ2v) is 10.1. The van der Waals surface area contributed by atoms with Crippen molar-refractivity contribution >= 4 is 52.2 Å². The van der Waals surface area contributed by atoms with Crippen LogP contribution in [0.4, 0.5) is 4.79 Å². The van der Waals surface area contributed by atoms with E-state index < -0.39 is 0 Å². The molecule has 3 aromatic rings. The molecule has 1 saturated heterocycles.